The number of carbonyl (C=O) groups excluding carboxylic acids is 1. The van der Waals surface area contributed by atoms with E-state index < -0.39 is 29.4 Å². The summed E-state index contributed by atoms with van der Waals surface area (Å²) in [6.07, 6.45) is -2.69. The predicted octanol–water partition coefficient (Wildman–Crippen LogP) is 4.20. The van der Waals surface area contributed by atoms with Crippen LogP contribution in [0.15, 0.2) is 53.1 Å². The molecule has 177 valence electrons. The summed E-state index contributed by atoms with van der Waals surface area (Å²) in [6.45, 7) is 2.81. The summed E-state index contributed by atoms with van der Waals surface area (Å²) in [6, 6.07) is 11.3. The lowest BCUT2D eigenvalue weighted by Gasteiger charge is -2.23. The van der Waals surface area contributed by atoms with Gasteiger partial charge in [-0.25, -0.2) is 9.37 Å². The summed E-state index contributed by atoms with van der Waals surface area (Å²) in [4.78, 5) is 17.2. The number of halogens is 4. The van der Waals surface area contributed by atoms with Gasteiger partial charge in [0.1, 0.15) is 17.8 Å². The van der Waals surface area contributed by atoms with Gasteiger partial charge in [-0.1, -0.05) is 44.2 Å². The highest BCUT2D eigenvalue weighted by atomic mass is 19.4. The van der Waals surface area contributed by atoms with Crippen LogP contribution in [0.4, 0.5) is 17.6 Å². The number of aromatic nitrogens is 2. The molecule has 10 heteroatoms. The number of nitrogens with one attached hydrogen (secondary N) is 1. The molecule has 2 aromatic heterocycles. The normalized spacial score (nSPS) is 13.2. The first-order valence-electron chi connectivity index (χ1n) is 10.3. The van der Waals surface area contributed by atoms with Crippen molar-refractivity contribution in [3.05, 3.63) is 72.4 Å². The summed E-state index contributed by atoms with van der Waals surface area (Å²) >= 11 is 0. The molecule has 6 nitrogen and oxygen atoms in total. The molecule has 0 saturated heterocycles. The number of hydrogen-bond donors (Lipinski definition) is 2. The van der Waals surface area contributed by atoms with Crippen LogP contribution >= 0.6 is 0 Å². The van der Waals surface area contributed by atoms with Gasteiger partial charge in [0.05, 0.1) is 24.2 Å². The van der Waals surface area contributed by atoms with E-state index in [-0.39, 0.29) is 25.4 Å². The Morgan fingerprint density at radius 3 is 2.52 bits per heavy atom. The van der Waals surface area contributed by atoms with E-state index in [2.05, 4.69) is 10.3 Å². The van der Waals surface area contributed by atoms with Crippen LogP contribution < -0.4 is 11.1 Å². The Bertz CT molecular complexity index is 1070. The molecule has 0 fully saturated rings. The molecule has 0 aliphatic heterocycles. The fourth-order valence-electron chi connectivity index (χ4n) is 3.11. The van der Waals surface area contributed by atoms with E-state index in [1.54, 1.807) is 31.0 Å². The second-order valence-corrected chi connectivity index (χ2v) is 8.15. The molecule has 1 atom stereocenters. The lowest BCUT2D eigenvalue weighted by Crippen LogP contribution is -2.42. The Morgan fingerprint density at radius 1 is 1.21 bits per heavy atom. The molecule has 3 rings (SSSR count). The van der Waals surface area contributed by atoms with Crippen LogP contribution in [0.25, 0.3) is 11.3 Å². The topological polar surface area (TPSA) is 86.1 Å². The first kappa shape index (κ1) is 24.5. The van der Waals surface area contributed by atoms with Crippen molar-refractivity contribution in [1.29, 1.82) is 0 Å². The Hall–Kier alpha value is -3.14. The summed E-state index contributed by atoms with van der Waals surface area (Å²) in [5, 5.41) is 2.52. The molecule has 1 aromatic carbocycles. The van der Waals surface area contributed by atoms with E-state index in [1.165, 1.54) is 6.07 Å². The molecule has 33 heavy (non-hydrogen) atoms. The summed E-state index contributed by atoms with van der Waals surface area (Å²) in [7, 11) is 0. The number of imidazole rings is 1. The van der Waals surface area contributed by atoms with E-state index in [0.29, 0.717) is 11.5 Å². The Labute approximate surface area is 188 Å². The number of nitrogens with two attached hydrogens (primary N) is 1. The first-order chi connectivity index (χ1) is 15.5. The molecular formula is C23H25F4N4O2. The lowest BCUT2D eigenvalue weighted by atomic mass is 9.87. The largest absolute Gasteiger partial charge is 0.455 e. The summed E-state index contributed by atoms with van der Waals surface area (Å²) < 4.78 is 58.7. The highest BCUT2D eigenvalue weighted by molar-refractivity contribution is 5.83. The average Bonchev–Trinajstić information content (AvgIpc) is 3.39. The molecule has 0 aliphatic rings. The van der Waals surface area contributed by atoms with E-state index >= 15 is 0 Å². The molecule has 3 N–H and O–H groups in total. The van der Waals surface area contributed by atoms with E-state index in [9.17, 15) is 22.4 Å². The molecule has 2 heterocycles. The number of hydrogen-bond acceptors (Lipinski definition) is 4. The van der Waals surface area contributed by atoms with E-state index in [1.807, 2.05) is 30.3 Å². The monoisotopic (exact) mass is 465 g/mol. The molecule has 0 unspecified atom stereocenters. The van der Waals surface area contributed by atoms with Crippen LogP contribution in [0.2, 0.25) is 0 Å². The Kier molecular flexibility index (Phi) is 7.26. The van der Waals surface area contributed by atoms with Crippen molar-refractivity contribution in [3.8, 4) is 11.3 Å². The van der Waals surface area contributed by atoms with Gasteiger partial charge in [0.15, 0.2) is 0 Å². The van der Waals surface area contributed by atoms with Crippen LogP contribution in [0.3, 0.4) is 0 Å². The van der Waals surface area contributed by atoms with Crippen LogP contribution in [-0.4, -0.2) is 34.7 Å². The van der Waals surface area contributed by atoms with Crippen molar-refractivity contribution in [3.63, 3.8) is 0 Å². The zero-order valence-corrected chi connectivity index (χ0v) is 18.2. The van der Waals surface area contributed by atoms with Gasteiger partial charge in [0.2, 0.25) is 11.7 Å². The number of nitrogens with zero attached hydrogens (tertiary/aromatic N) is 2. The van der Waals surface area contributed by atoms with E-state index in [4.69, 9.17) is 10.2 Å². The molecule has 3 aromatic rings. The Morgan fingerprint density at radius 2 is 1.91 bits per heavy atom. The third-order valence-corrected chi connectivity index (χ3v) is 4.96. The number of benzene rings is 1. The second kappa shape index (κ2) is 9.78. The van der Waals surface area contributed by atoms with Crippen molar-refractivity contribution >= 4 is 5.91 Å². The number of amides is 1. The van der Waals surface area contributed by atoms with Gasteiger partial charge in [-0.15, -0.1) is 0 Å². The summed E-state index contributed by atoms with van der Waals surface area (Å²) in [5.74, 6) is -1.09. The molecule has 1 radical (unpaired) electrons. The molecular weight excluding hydrogens is 440 g/mol. The minimum absolute atomic E-state index is 0.0286. The average molecular weight is 465 g/mol. The van der Waals surface area contributed by atoms with Gasteiger partial charge in [-0.05, 0) is 12.1 Å². The van der Waals surface area contributed by atoms with Crippen LogP contribution in [0.1, 0.15) is 31.2 Å². The smallest absolute Gasteiger partial charge is 0.449 e. The highest BCUT2D eigenvalue weighted by Crippen LogP contribution is 2.32. The maximum absolute atomic E-state index is 13.4. The quantitative estimate of drug-likeness (QED) is 0.464. The van der Waals surface area contributed by atoms with Crippen molar-refractivity contribution in [2.75, 3.05) is 13.1 Å². The zero-order chi connectivity index (χ0) is 24.2. The van der Waals surface area contributed by atoms with Crippen molar-refractivity contribution in [2.45, 2.75) is 32.7 Å². The van der Waals surface area contributed by atoms with Gasteiger partial charge in [0.25, 0.3) is 0 Å². The first-order valence-corrected chi connectivity index (χ1v) is 10.3. The molecule has 0 spiro atoms. The maximum Gasteiger partial charge on any atom is 0.449 e. The minimum Gasteiger partial charge on any atom is -0.455 e. The van der Waals surface area contributed by atoms with Crippen molar-refractivity contribution in [2.24, 2.45) is 11.1 Å². The zero-order valence-electron chi connectivity index (χ0n) is 18.2. The van der Waals surface area contributed by atoms with E-state index in [0.717, 1.165) is 11.6 Å². The maximum atomic E-state index is 13.4. The van der Waals surface area contributed by atoms with Gasteiger partial charge in [-0.2, -0.15) is 13.2 Å². The lowest BCUT2D eigenvalue weighted by molar-refractivity contribution is -0.153. The third kappa shape index (κ3) is 6.22. The molecule has 0 bridgehead atoms. The number of alkyl halides is 4. The fourth-order valence-corrected chi connectivity index (χ4v) is 3.11. The Balaban J connectivity index is 1.88. The number of rotatable bonds is 9. The predicted molar refractivity (Wildman–Crippen MR) is 115 cm³/mol. The van der Waals surface area contributed by atoms with Crippen molar-refractivity contribution < 1.29 is 26.8 Å². The van der Waals surface area contributed by atoms with Crippen LogP contribution in [0.5, 0.6) is 0 Å². The van der Waals surface area contributed by atoms with Crippen molar-refractivity contribution in [1.82, 2.24) is 14.9 Å². The van der Waals surface area contributed by atoms with Crippen LogP contribution in [0, 0.1) is 11.8 Å². The van der Waals surface area contributed by atoms with Gasteiger partial charge < -0.3 is 20.0 Å². The van der Waals surface area contributed by atoms with Gasteiger partial charge in [-0.3, -0.25) is 4.79 Å². The third-order valence-electron chi connectivity index (χ3n) is 4.96. The number of furan rings is 1. The second-order valence-electron chi connectivity index (χ2n) is 8.15. The minimum atomic E-state index is -4.59. The molecule has 0 aliphatic carbocycles. The van der Waals surface area contributed by atoms with Gasteiger partial charge >= 0.3 is 6.18 Å². The fraction of sp³-hybridized carbons (Fsp3) is 0.348. The summed E-state index contributed by atoms with van der Waals surface area (Å²) in [5.41, 5.74) is 5.53. The highest BCUT2D eigenvalue weighted by Gasteiger charge is 2.35. The van der Waals surface area contributed by atoms with Crippen LogP contribution in [-0.2, 0) is 17.5 Å². The molecule has 0 saturated carbocycles. The number of carbonyl (C=O) groups is 1. The standard InChI is InChI=1S/C23H25F4N4O2/c1-22(2,21(32)29-12-16(24)11-28)10-20-30-18(15-6-4-3-5-7-15)14-31(20)13-17-8-9-19(33-17)23(25,26)27/h3-10,14,16H,11-13,28H2,1-2H3,(H,29,32)/t16-/m1/s1. The SMILES string of the molecule is CC(C)([CH]c1nc(-c2ccccc2)cn1Cc1ccc(C(F)(F)F)o1)C(=O)NC[C@H](F)CN. The van der Waals surface area contributed by atoms with Gasteiger partial charge in [0, 0.05) is 24.7 Å². The molecule has 1 amide bonds.